The fourth-order valence-corrected chi connectivity index (χ4v) is 13.1. The third kappa shape index (κ3) is 16.2. The molecule has 2 N–H and O–H groups in total. The lowest BCUT2D eigenvalue weighted by atomic mass is 9.80. The van der Waals surface area contributed by atoms with E-state index in [-0.39, 0.29) is 50.6 Å². The zero-order chi connectivity index (χ0) is 63.1. The molecular formula is C62H76N7O18P. The number of hydrogen-bond acceptors (Lipinski definition) is 21. The van der Waals surface area contributed by atoms with Gasteiger partial charge in [0.1, 0.15) is 66.4 Å². The van der Waals surface area contributed by atoms with Crippen molar-refractivity contribution in [3.8, 4) is 17.2 Å². The van der Waals surface area contributed by atoms with Gasteiger partial charge >= 0.3 is 25.7 Å². The van der Waals surface area contributed by atoms with E-state index in [9.17, 15) is 24.0 Å². The van der Waals surface area contributed by atoms with E-state index in [4.69, 9.17) is 56.4 Å². The number of aromatic nitrogens is 4. The molecule has 8 rings (SSSR count). The highest BCUT2D eigenvalue weighted by Gasteiger charge is 2.52. The Morgan fingerprint density at radius 1 is 0.705 bits per heavy atom. The molecule has 26 heteroatoms. The summed E-state index contributed by atoms with van der Waals surface area (Å²) in [6, 6.07) is 31.7. The van der Waals surface area contributed by atoms with E-state index in [1.807, 2.05) is 113 Å². The highest BCUT2D eigenvalue weighted by molar-refractivity contribution is 7.51. The van der Waals surface area contributed by atoms with Gasteiger partial charge in [0.2, 0.25) is 5.91 Å². The third-order valence-electron chi connectivity index (χ3n) is 14.4. The molecule has 472 valence electrons. The number of carbonyl (C=O) groups excluding carboxylic acids is 5. The van der Waals surface area contributed by atoms with Crippen LogP contribution < -0.4 is 24.8 Å². The van der Waals surface area contributed by atoms with E-state index in [0.717, 1.165) is 30.5 Å². The molecule has 1 unspecified atom stereocenters. The summed E-state index contributed by atoms with van der Waals surface area (Å²) in [5.74, 6) is -1.32. The fraction of sp³-hybridized carbons (Fsp3) is 0.452. The van der Waals surface area contributed by atoms with Crippen LogP contribution in [0.3, 0.4) is 0 Å². The molecule has 2 fully saturated rings. The largest absolute Gasteiger partial charge is 0.497 e. The maximum absolute atomic E-state index is 16.1. The average molecular weight is 1240 g/mol. The molecule has 88 heavy (non-hydrogen) atoms. The lowest BCUT2D eigenvalue weighted by molar-refractivity contribution is -0.278. The molecule has 9 atom stereocenters. The van der Waals surface area contributed by atoms with Gasteiger partial charge in [-0.1, -0.05) is 72.8 Å². The molecule has 0 aliphatic carbocycles. The molecule has 0 spiro atoms. The first-order valence-electron chi connectivity index (χ1n) is 28.8. The maximum Gasteiger partial charge on any atom is 0.409 e. The Bertz CT molecular complexity index is 3280. The minimum absolute atomic E-state index is 0.0515. The van der Waals surface area contributed by atoms with Crippen molar-refractivity contribution in [3.63, 3.8) is 0 Å². The number of para-hydroxylation sites is 1. The predicted octanol–water partition coefficient (Wildman–Crippen LogP) is 7.85. The summed E-state index contributed by atoms with van der Waals surface area (Å²) in [5.41, 5.74) is 1.50. The summed E-state index contributed by atoms with van der Waals surface area (Å²) in [5, 5.41) is 5.48. The van der Waals surface area contributed by atoms with Crippen molar-refractivity contribution in [2.75, 3.05) is 52.6 Å². The number of nitrogens with one attached hydrogen (secondary N) is 2. The molecule has 2 amide bonds. The molecule has 0 saturated carbocycles. The minimum Gasteiger partial charge on any atom is -0.497 e. The number of fused-ring (bicyclic) bond motifs is 1. The van der Waals surface area contributed by atoms with Gasteiger partial charge < -0.3 is 58.0 Å². The quantitative estimate of drug-likeness (QED) is 0.0149. The van der Waals surface area contributed by atoms with Gasteiger partial charge in [0.15, 0.2) is 42.1 Å². The zero-order valence-electron chi connectivity index (χ0n) is 50.8. The van der Waals surface area contributed by atoms with Crippen LogP contribution in [0.4, 0.5) is 5.82 Å². The molecule has 2 saturated heterocycles. The summed E-state index contributed by atoms with van der Waals surface area (Å²) < 4.78 is 93.1. The Morgan fingerprint density at radius 3 is 1.89 bits per heavy atom. The van der Waals surface area contributed by atoms with Crippen LogP contribution in [-0.2, 0) is 76.3 Å². The van der Waals surface area contributed by atoms with E-state index >= 15 is 4.57 Å². The lowest BCUT2D eigenvalue weighted by Crippen LogP contribution is -2.66. The van der Waals surface area contributed by atoms with Gasteiger partial charge in [-0.05, 0) is 87.2 Å². The second kappa shape index (κ2) is 30.4. The fourth-order valence-electron chi connectivity index (χ4n) is 10.8. The molecular weight excluding hydrogens is 1160 g/mol. The Labute approximate surface area is 510 Å². The van der Waals surface area contributed by atoms with E-state index in [0.29, 0.717) is 22.9 Å². The van der Waals surface area contributed by atoms with E-state index in [1.54, 1.807) is 47.7 Å². The van der Waals surface area contributed by atoms with Crippen LogP contribution in [0, 0.1) is 0 Å². The first-order valence-corrected chi connectivity index (χ1v) is 30.3. The van der Waals surface area contributed by atoms with Crippen LogP contribution >= 0.6 is 7.75 Å². The Morgan fingerprint density at radius 2 is 1.31 bits per heavy atom. The standard InChI is InChI=1S/C62H76N7O18P/c1-38(2)69(39(3)4)88(75,82-31-17-30-78-61-55(66-40(5)70)58(84-43(8)73)57(83-42(7)72)52(86-61)33-79-41(6)71)87-50-32-54(68-37-65-56-59(63-36-64-60(56)68)67-53(74)35-80-49-20-15-12-16-21-49)85-51(50)34-81-62(44-18-13-11-14-19-44,45-22-26-47(76-9)27-23-45)46-24-28-48(77-10)29-25-46/h11-16,18-29,36-39,50-52,54-55,57-58,61H,17,30-35H2,1-10H3,(H,66,70)(H,63,64,67,74)/t50-,51+,52+,54+,55+,57+,58+,61+,88?/m0/s1. The summed E-state index contributed by atoms with van der Waals surface area (Å²) in [4.78, 5) is 76.3. The molecule has 0 bridgehead atoms. The second-order valence-electron chi connectivity index (χ2n) is 21.3. The van der Waals surface area contributed by atoms with Crippen LogP contribution in [0.25, 0.3) is 11.2 Å². The third-order valence-corrected chi connectivity index (χ3v) is 16.9. The van der Waals surface area contributed by atoms with Crippen LogP contribution in [0.2, 0.25) is 0 Å². The number of carbonyl (C=O) groups is 5. The van der Waals surface area contributed by atoms with Crippen LogP contribution in [-0.4, -0.2) is 156 Å². The summed E-state index contributed by atoms with van der Waals surface area (Å²) >= 11 is 0. The Kier molecular flexibility index (Phi) is 22.8. The van der Waals surface area contributed by atoms with E-state index in [2.05, 4.69) is 25.6 Å². The number of methoxy groups -OCH3 is 2. The Balaban J connectivity index is 1.12. The van der Waals surface area contributed by atoms with Crippen LogP contribution in [0.15, 0.2) is 122 Å². The number of benzene rings is 4. The van der Waals surface area contributed by atoms with Gasteiger partial charge in [-0.2, -0.15) is 0 Å². The smallest absolute Gasteiger partial charge is 0.409 e. The summed E-state index contributed by atoms with van der Waals surface area (Å²) in [7, 11) is -1.23. The predicted molar refractivity (Wildman–Crippen MR) is 318 cm³/mol. The van der Waals surface area contributed by atoms with Crippen molar-refractivity contribution in [1.29, 1.82) is 0 Å². The molecule has 2 aliphatic rings. The van der Waals surface area contributed by atoms with Crippen molar-refractivity contribution in [2.45, 2.75) is 135 Å². The first-order chi connectivity index (χ1) is 42.2. The SMILES string of the molecule is COc1ccc(C(OC[C@H]2O[C@@H](n3cnc4c(NC(=O)COc5ccccc5)ncnc43)C[C@@H]2OP(=O)(OCCCO[C@@H]2O[C@H](COC(C)=O)[C@@H](OC(C)=O)[C@H](OC(C)=O)[C@H]2NC(C)=O)N(C(C)C)C(C)C)(c2ccccc2)c2ccc(OC)cc2)cc1. The molecule has 2 aliphatic heterocycles. The normalized spacial score (nSPS) is 20.9. The molecule has 25 nitrogen and oxygen atoms in total. The van der Waals surface area contributed by atoms with Crippen molar-refractivity contribution < 1.29 is 85.0 Å². The van der Waals surface area contributed by atoms with Gasteiger partial charge in [-0.25, -0.2) is 24.2 Å². The molecule has 4 aromatic carbocycles. The maximum atomic E-state index is 16.1. The highest BCUT2D eigenvalue weighted by atomic mass is 31.2. The molecule has 4 heterocycles. The van der Waals surface area contributed by atoms with Gasteiger partial charge in [0.25, 0.3) is 5.91 Å². The highest BCUT2D eigenvalue weighted by Crippen LogP contribution is 2.58. The number of rotatable bonds is 29. The summed E-state index contributed by atoms with van der Waals surface area (Å²) in [6.07, 6.45) is -5.23. The Hall–Kier alpha value is -7.87. The topological polar surface area (TPSA) is 284 Å². The zero-order valence-corrected chi connectivity index (χ0v) is 51.7. The van der Waals surface area contributed by atoms with Gasteiger partial charge in [0.05, 0.1) is 40.4 Å². The number of anilines is 1. The molecule has 6 aromatic rings. The van der Waals surface area contributed by atoms with Gasteiger partial charge in [-0.3, -0.25) is 37.6 Å². The van der Waals surface area contributed by atoms with Crippen LogP contribution in [0.5, 0.6) is 17.2 Å². The minimum atomic E-state index is -4.41. The number of esters is 3. The monoisotopic (exact) mass is 1240 g/mol. The van der Waals surface area contributed by atoms with E-state index < -0.39 is 111 Å². The van der Waals surface area contributed by atoms with Gasteiger partial charge in [0, 0.05) is 46.2 Å². The number of nitrogens with zero attached hydrogens (tertiary/aromatic N) is 5. The lowest BCUT2D eigenvalue weighted by Gasteiger charge is -2.45. The molecule has 2 aromatic heterocycles. The van der Waals surface area contributed by atoms with E-state index in [1.165, 1.54) is 26.5 Å². The van der Waals surface area contributed by atoms with Crippen molar-refractivity contribution >= 4 is 54.5 Å². The number of amides is 2. The molecule has 0 radical (unpaired) electrons. The average Bonchev–Trinajstić information content (AvgIpc) is 1.68. The number of imidazole rings is 1. The number of ether oxygens (including phenoxy) is 10. The first kappa shape index (κ1) is 66.1. The summed E-state index contributed by atoms with van der Waals surface area (Å²) in [6.45, 7) is 10.9. The van der Waals surface area contributed by atoms with Crippen LogP contribution in [0.1, 0.15) is 91.1 Å². The number of hydrogen-bond donors (Lipinski definition) is 2. The van der Waals surface area contributed by atoms with Crippen molar-refractivity contribution in [2.24, 2.45) is 0 Å². The second-order valence-corrected chi connectivity index (χ2v) is 23.2. The van der Waals surface area contributed by atoms with Crippen molar-refractivity contribution in [1.82, 2.24) is 29.5 Å². The van der Waals surface area contributed by atoms with Crippen molar-refractivity contribution in [3.05, 3.63) is 139 Å². The van der Waals surface area contributed by atoms with Gasteiger partial charge in [-0.15, -0.1) is 0 Å².